The summed E-state index contributed by atoms with van der Waals surface area (Å²) in [5, 5.41) is 3.66. The van der Waals surface area contributed by atoms with E-state index in [1.165, 1.54) is 28.6 Å². The van der Waals surface area contributed by atoms with Gasteiger partial charge in [-0.15, -0.1) is 0 Å². The Morgan fingerprint density at radius 2 is 1.90 bits per heavy atom. The fourth-order valence-electron chi connectivity index (χ4n) is 3.12. The summed E-state index contributed by atoms with van der Waals surface area (Å²) >= 11 is 5.90. The second kappa shape index (κ2) is 8.13. The van der Waals surface area contributed by atoms with Gasteiger partial charge in [0.1, 0.15) is 11.9 Å². The van der Waals surface area contributed by atoms with Crippen LogP contribution in [-0.4, -0.2) is 42.1 Å². The molecule has 1 aromatic heterocycles. The molecule has 4 rings (SSSR count). The zero-order valence-corrected chi connectivity index (χ0v) is 17.3. The van der Waals surface area contributed by atoms with Gasteiger partial charge in [0.2, 0.25) is 15.8 Å². The SMILES string of the molecule is O=S(=O)(c1cccc(Cl)c1)N1CC[C@@H](Oc2ccc(-c3noc(C(F)(F)F)n3)cc2)C1. The van der Waals surface area contributed by atoms with E-state index >= 15 is 0 Å². The monoisotopic (exact) mass is 473 g/mol. The molecule has 1 fully saturated rings. The van der Waals surface area contributed by atoms with E-state index in [1.807, 2.05) is 0 Å². The number of hydrogen-bond acceptors (Lipinski definition) is 6. The Bertz CT molecular complexity index is 1180. The van der Waals surface area contributed by atoms with Gasteiger partial charge in [-0.1, -0.05) is 22.8 Å². The molecule has 0 saturated carbocycles. The molecule has 1 saturated heterocycles. The van der Waals surface area contributed by atoms with Gasteiger partial charge in [0, 0.05) is 17.1 Å². The van der Waals surface area contributed by atoms with Crippen LogP contribution in [0.15, 0.2) is 57.9 Å². The first-order chi connectivity index (χ1) is 14.6. The van der Waals surface area contributed by atoms with Gasteiger partial charge >= 0.3 is 12.1 Å². The van der Waals surface area contributed by atoms with Crippen molar-refractivity contribution in [3.63, 3.8) is 0 Å². The smallest absolute Gasteiger partial charge is 0.471 e. The first-order valence-electron chi connectivity index (χ1n) is 9.06. The minimum absolute atomic E-state index is 0.114. The van der Waals surface area contributed by atoms with Crippen molar-refractivity contribution >= 4 is 21.6 Å². The summed E-state index contributed by atoms with van der Waals surface area (Å²) in [6.07, 6.45) is -4.60. The van der Waals surface area contributed by atoms with Crippen molar-refractivity contribution in [2.75, 3.05) is 13.1 Å². The molecule has 2 heterocycles. The lowest BCUT2D eigenvalue weighted by atomic mass is 10.2. The van der Waals surface area contributed by atoms with Crippen molar-refractivity contribution in [1.29, 1.82) is 0 Å². The van der Waals surface area contributed by atoms with Gasteiger partial charge in [-0.25, -0.2) is 8.42 Å². The third-order valence-corrected chi connectivity index (χ3v) is 6.72. The van der Waals surface area contributed by atoms with Crippen molar-refractivity contribution < 1.29 is 30.8 Å². The highest BCUT2D eigenvalue weighted by atomic mass is 35.5. The van der Waals surface area contributed by atoms with Crippen LogP contribution < -0.4 is 4.74 Å². The molecule has 1 aliphatic heterocycles. The predicted octanol–water partition coefficient (Wildman–Crippen LogP) is 4.25. The Hall–Kier alpha value is -2.63. The molecule has 0 spiro atoms. The van der Waals surface area contributed by atoms with Gasteiger partial charge in [-0.3, -0.25) is 0 Å². The summed E-state index contributed by atoms with van der Waals surface area (Å²) in [4.78, 5) is 3.44. The Morgan fingerprint density at radius 3 is 2.55 bits per heavy atom. The topological polar surface area (TPSA) is 85.5 Å². The number of aromatic nitrogens is 2. The van der Waals surface area contributed by atoms with Crippen molar-refractivity contribution in [2.45, 2.75) is 23.6 Å². The van der Waals surface area contributed by atoms with E-state index in [2.05, 4.69) is 14.7 Å². The van der Waals surface area contributed by atoms with Crippen LogP contribution in [-0.2, 0) is 16.2 Å². The summed E-state index contributed by atoms with van der Waals surface area (Å²) < 4.78 is 74.7. The summed E-state index contributed by atoms with van der Waals surface area (Å²) in [6, 6.07) is 12.1. The number of benzene rings is 2. The molecule has 1 aliphatic rings. The standard InChI is InChI=1S/C19H15ClF3N3O4S/c20-13-2-1-3-16(10-13)31(27,28)26-9-8-15(11-26)29-14-6-4-12(5-7-14)17-24-18(30-25-17)19(21,22)23/h1-7,10,15H,8-9,11H2/t15-/m1/s1. The third kappa shape index (κ3) is 4.68. The van der Waals surface area contributed by atoms with Crippen LogP contribution >= 0.6 is 11.6 Å². The van der Waals surface area contributed by atoms with Gasteiger partial charge in [-0.05, 0) is 48.9 Å². The maximum Gasteiger partial charge on any atom is 0.471 e. The summed E-state index contributed by atoms with van der Waals surface area (Å²) in [5.41, 5.74) is 0.322. The van der Waals surface area contributed by atoms with E-state index in [9.17, 15) is 21.6 Å². The molecule has 2 aromatic carbocycles. The quantitative estimate of drug-likeness (QED) is 0.550. The van der Waals surface area contributed by atoms with Crippen molar-refractivity contribution in [3.8, 4) is 17.1 Å². The Balaban J connectivity index is 1.41. The highest BCUT2D eigenvalue weighted by molar-refractivity contribution is 7.89. The number of hydrogen-bond donors (Lipinski definition) is 0. The lowest BCUT2D eigenvalue weighted by Gasteiger charge is -2.17. The molecule has 7 nitrogen and oxygen atoms in total. The van der Waals surface area contributed by atoms with Crippen LogP contribution in [0.25, 0.3) is 11.4 Å². The second-order valence-corrected chi connectivity index (χ2v) is 9.17. The van der Waals surface area contributed by atoms with Crippen molar-refractivity contribution in [1.82, 2.24) is 14.4 Å². The van der Waals surface area contributed by atoms with E-state index in [4.69, 9.17) is 16.3 Å². The zero-order chi connectivity index (χ0) is 22.2. The van der Waals surface area contributed by atoms with Gasteiger partial charge in [0.25, 0.3) is 0 Å². The molecule has 31 heavy (non-hydrogen) atoms. The van der Waals surface area contributed by atoms with E-state index < -0.39 is 22.1 Å². The van der Waals surface area contributed by atoms with E-state index in [0.717, 1.165) is 0 Å². The number of sulfonamides is 1. The maximum atomic E-state index is 12.8. The molecule has 164 valence electrons. The molecule has 12 heteroatoms. The van der Waals surface area contributed by atoms with E-state index in [0.29, 0.717) is 29.3 Å². The molecule has 0 unspecified atom stereocenters. The number of rotatable bonds is 5. The van der Waals surface area contributed by atoms with Crippen molar-refractivity contribution in [2.24, 2.45) is 0 Å². The molecule has 0 bridgehead atoms. The highest BCUT2D eigenvalue weighted by Crippen LogP contribution is 2.30. The third-order valence-electron chi connectivity index (χ3n) is 4.63. The average molecular weight is 474 g/mol. The molecular formula is C19H15ClF3N3O4S. The Labute approximate surface area is 180 Å². The van der Waals surface area contributed by atoms with Crippen molar-refractivity contribution in [3.05, 3.63) is 59.4 Å². The Morgan fingerprint density at radius 1 is 1.16 bits per heavy atom. The molecule has 0 amide bonds. The predicted molar refractivity (Wildman–Crippen MR) is 104 cm³/mol. The fourth-order valence-corrected chi connectivity index (χ4v) is 4.91. The average Bonchev–Trinajstić information content (AvgIpc) is 3.38. The lowest BCUT2D eigenvalue weighted by molar-refractivity contribution is -0.159. The summed E-state index contributed by atoms with van der Waals surface area (Å²) in [7, 11) is -3.69. The van der Waals surface area contributed by atoms with Crippen LogP contribution in [0.2, 0.25) is 5.02 Å². The first kappa shape index (κ1) is 21.6. The van der Waals surface area contributed by atoms with E-state index in [-0.39, 0.29) is 23.4 Å². The largest absolute Gasteiger partial charge is 0.489 e. The van der Waals surface area contributed by atoms with Crippen LogP contribution in [0.3, 0.4) is 0 Å². The minimum Gasteiger partial charge on any atom is -0.489 e. The van der Waals surface area contributed by atoms with Crippen LogP contribution in [0.4, 0.5) is 13.2 Å². The number of alkyl halides is 3. The Kier molecular flexibility index (Phi) is 5.67. The highest BCUT2D eigenvalue weighted by Gasteiger charge is 2.38. The molecule has 0 aliphatic carbocycles. The van der Waals surface area contributed by atoms with Crippen LogP contribution in [0.1, 0.15) is 12.3 Å². The van der Waals surface area contributed by atoms with E-state index in [1.54, 1.807) is 24.3 Å². The number of nitrogens with zero attached hydrogens (tertiary/aromatic N) is 3. The summed E-state index contributed by atoms with van der Waals surface area (Å²) in [5.74, 6) is -1.18. The molecular weight excluding hydrogens is 459 g/mol. The number of halogens is 4. The molecule has 0 radical (unpaired) electrons. The van der Waals surface area contributed by atoms with Crippen LogP contribution in [0, 0.1) is 0 Å². The van der Waals surface area contributed by atoms with Gasteiger partial charge in [0.05, 0.1) is 11.4 Å². The number of ether oxygens (including phenoxy) is 1. The summed E-state index contributed by atoms with van der Waals surface area (Å²) in [6.45, 7) is 0.455. The molecule has 0 N–H and O–H groups in total. The van der Waals surface area contributed by atoms with Crippen LogP contribution in [0.5, 0.6) is 5.75 Å². The first-order valence-corrected chi connectivity index (χ1v) is 10.9. The fraction of sp³-hybridized carbons (Fsp3) is 0.263. The molecule has 1 atom stereocenters. The normalized spacial score (nSPS) is 17.7. The maximum absolute atomic E-state index is 12.8. The lowest BCUT2D eigenvalue weighted by Crippen LogP contribution is -2.31. The van der Waals surface area contributed by atoms with Gasteiger partial charge in [0.15, 0.2) is 0 Å². The van der Waals surface area contributed by atoms with Gasteiger partial charge in [-0.2, -0.15) is 22.5 Å². The zero-order valence-electron chi connectivity index (χ0n) is 15.7. The second-order valence-electron chi connectivity index (χ2n) is 6.79. The van der Waals surface area contributed by atoms with Gasteiger partial charge < -0.3 is 9.26 Å². The minimum atomic E-state index is -4.71. The molecule has 3 aromatic rings.